The Balaban J connectivity index is 3.34. The molecule has 1 rings (SSSR count). The van der Waals surface area contributed by atoms with Crippen LogP contribution in [0.2, 0.25) is 0 Å². The molecule has 0 bridgehead atoms. The van der Waals surface area contributed by atoms with Crippen molar-refractivity contribution >= 4 is 5.94 Å². The van der Waals surface area contributed by atoms with Gasteiger partial charge in [-0.05, 0) is 34.9 Å². The average Bonchev–Trinajstić information content (AvgIpc) is 2.59. The molecule has 0 fully saturated rings. The van der Waals surface area contributed by atoms with E-state index in [2.05, 4.69) is 4.98 Å². The number of imidazole rings is 1. The van der Waals surface area contributed by atoms with E-state index < -0.39 is 11.9 Å². The van der Waals surface area contributed by atoms with Gasteiger partial charge in [-0.15, -0.1) is 0 Å². The number of likely N-dealkylation sites (N-methyl/N-ethyl adjacent to an activating group) is 1. The Morgan fingerprint density at radius 3 is 2.53 bits per heavy atom. The molecule has 0 aliphatic carbocycles. The van der Waals surface area contributed by atoms with Gasteiger partial charge in [0.25, 0.3) is 0 Å². The first-order valence-electron chi connectivity index (χ1n) is 5.50. The number of halogens is 1. The topological polar surface area (TPSA) is 38.1 Å². The largest absolute Gasteiger partial charge is 0.328 e. The van der Waals surface area contributed by atoms with E-state index in [1.807, 2.05) is 25.3 Å². The summed E-state index contributed by atoms with van der Waals surface area (Å²) in [5.74, 6) is 1.32. The van der Waals surface area contributed by atoms with Crippen molar-refractivity contribution in [2.75, 3.05) is 14.1 Å². The molecule has 0 amide bonds. The van der Waals surface area contributed by atoms with Crippen LogP contribution in [0.4, 0.5) is 4.39 Å². The summed E-state index contributed by atoms with van der Waals surface area (Å²) < 4.78 is 15.5. The molecule has 0 spiro atoms. The van der Waals surface area contributed by atoms with Crippen LogP contribution in [0.25, 0.3) is 0 Å². The van der Waals surface area contributed by atoms with Crippen LogP contribution in [0.5, 0.6) is 0 Å². The summed E-state index contributed by atoms with van der Waals surface area (Å²) in [7, 11) is 3.43. The summed E-state index contributed by atoms with van der Waals surface area (Å²) in [6.07, 6.45) is 1.61. The van der Waals surface area contributed by atoms with Gasteiger partial charge in [0.1, 0.15) is 11.9 Å². The van der Waals surface area contributed by atoms with Crippen molar-refractivity contribution in [2.45, 2.75) is 32.9 Å². The number of hydrogen-bond donors (Lipinski definition) is 0. The minimum absolute atomic E-state index is 0.161. The van der Waals surface area contributed by atoms with Gasteiger partial charge >= 0.3 is 0 Å². The third-order valence-corrected chi connectivity index (χ3v) is 2.66. The number of aryl methyl sites for hydroxylation is 1. The lowest BCUT2D eigenvalue weighted by molar-refractivity contribution is 0.283. The lowest BCUT2D eigenvalue weighted by Crippen LogP contribution is -2.24. The number of carbonyl (C=O) groups excluding carboxylic acids is 1. The van der Waals surface area contributed by atoms with Gasteiger partial charge in [-0.3, -0.25) is 4.90 Å². The highest BCUT2D eigenvalue weighted by molar-refractivity contribution is 5.52. The zero-order valence-electron chi connectivity index (χ0n) is 10.9. The number of hydrogen-bond acceptors (Lipinski definition) is 3. The second-order valence-electron chi connectivity index (χ2n) is 4.51. The SMILES string of the molecule is Cc1ncc(C(C(F)=C=O)N(C)C)n1C(C)C. The zero-order chi connectivity index (χ0) is 13.2. The maximum atomic E-state index is 13.6. The predicted octanol–water partition coefficient (Wildman–Crippen LogP) is 2.06. The molecule has 0 aliphatic rings. The Morgan fingerprint density at radius 1 is 1.53 bits per heavy atom. The normalized spacial score (nSPS) is 12.9. The van der Waals surface area contributed by atoms with Gasteiger partial charge in [0.15, 0.2) is 5.94 Å². The Hall–Kier alpha value is -1.45. The third-order valence-electron chi connectivity index (χ3n) is 2.66. The Kier molecular flexibility index (Phi) is 4.21. The molecule has 1 aromatic rings. The summed E-state index contributed by atoms with van der Waals surface area (Å²) in [6, 6.07) is -0.564. The maximum absolute atomic E-state index is 13.6. The molecule has 1 unspecified atom stereocenters. The lowest BCUT2D eigenvalue weighted by Gasteiger charge is -2.24. The summed E-state index contributed by atoms with van der Waals surface area (Å²) in [5, 5.41) is 0. The fraction of sp³-hybridized carbons (Fsp3) is 0.583. The summed E-state index contributed by atoms with van der Waals surface area (Å²) in [4.78, 5) is 16.3. The molecule has 5 heteroatoms. The van der Waals surface area contributed by atoms with Gasteiger partial charge in [-0.1, -0.05) is 0 Å². The first-order chi connectivity index (χ1) is 7.90. The van der Waals surface area contributed by atoms with Crippen LogP contribution < -0.4 is 0 Å². The second-order valence-corrected chi connectivity index (χ2v) is 4.51. The summed E-state index contributed by atoms with van der Waals surface area (Å²) in [6.45, 7) is 5.85. The monoisotopic (exact) mass is 239 g/mol. The Morgan fingerprint density at radius 2 is 2.12 bits per heavy atom. The molecule has 1 heterocycles. The molecule has 0 radical (unpaired) electrons. The van der Waals surface area contributed by atoms with E-state index in [0.29, 0.717) is 5.69 Å². The molecule has 0 N–H and O–H groups in total. The maximum Gasteiger partial charge on any atom is 0.206 e. The van der Waals surface area contributed by atoms with Crippen molar-refractivity contribution < 1.29 is 9.18 Å². The van der Waals surface area contributed by atoms with Crippen molar-refractivity contribution in [3.8, 4) is 0 Å². The van der Waals surface area contributed by atoms with Crippen molar-refractivity contribution in [1.82, 2.24) is 14.5 Å². The highest BCUT2D eigenvalue weighted by Crippen LogP contribution is 2.28. The highest BCUT2D eigenvalue weighted by Gasteiger charge is 2.26. The molecule has 0 saturated heterocycles. The van der Waals surface area contributed by atoms with Gasteiger partial charge in [0.2, 0.25) is 5.83 Å². The van der Waals surface area contributed by atoms with Crippen LogP contribution in [0.15, 0.2) is 12.0 Å². The van der Waals surface area contributed by atoms with Gasteiger partial charge in [0, 0.05) is 6.04 Å². The fourth-order valence-electron chi connectivity index (χ4n) is 2.02. The molecule has 0 aliphatic heterocycles. The van der Waals surface area contributed by atoms with Crippen LogP contribution in [-0.2, 0) is 4.79 Å². The van der Waals surface area contributed by atoms with Crippen molar-refractivity contribution in [2.24, 2.45) is 0 Å². The highest BCUT2D eigenvalue weighted by atomic mass is 19.1. The second kappa shape index (κ2) is 5.25. The smallest absolute Gasteiger partial charge is 0.206 e. The Bertz CT molecular complexity index is 445. The number of nitrogens with zero attached hydrogens (tertiary/aromatic N) is 3. The fourth-order valence-corrected chi connectivity index (χ4v) is 2.02. The van der Waals surface area contributed by atoms with Crippen molar-refractivity contribution in [1.29, 1.82) is 0 Å². The van der Waals surface area contributed by atoms with Crippen molar-refractivity contribution in [3.05, 3.63) is 23.5 Å². The van der Waals surface area contributed by atoms with E-state index in [4.69, 9.17) is 0 Å². The van der Waals surface area contributed by atoms with E-state index >= 15 is 0 Å². The first kappa shape index (κ1) is 13.6. The third kappa shape index (κ3) is 2.62. The standard InChI is InChI=1S/C12H18FN3O/c1-8(2)16-9(3)14-6-11(16)12(15(4)5)10(13)7-17/h6,8,12H,1-5H3. The molecule has 17 heavy (non-hydrogen) atoms. The van der Waals surface area contributed by atoms with Gasteiger partial charge in [-0.2, -0.15) is 4.39 Å². The average molecular weight is 239 g/mol. The van der Waals surface area contributed by atoms with Gasteiger partial charge in [0.05, 0.1) is 11.9 Å². The van der Waals surface area contributed by atoms with Crippen LogP contribution in [-0.4, -0.2) is 34.5 Å². The lowest BCUT2D eigenvalue weighted by atomic mass is 10.1. The molecule has 0 aromatic carbocycles. The van der Waals surface area contributed by atoms with E-state index in [9.17, 15) is 9.18 Å². The molecular formula is C12H18FN3O. The molecule has 94 valence electrons. The van der Waals surface area contributed by atoms with Gasteiger partial charge < -0.3 is 4.57 Å². The molecule has 1 aromatic heterocycles. The minimum atomic E-state index is -0.822. The Labute approximate surface area is 101 Å². The van der Waals surface area contributed by atoms with E-state index in [0.717, 1.165) is 5.82 Å². The minimum Gasteiger partial charge on any atom is -0.328 e. The van der Waals surface area contributed by atoms with Gasteiger partial charge in [-0.25, -0.2) is 9.78 Å². The quantitative estimate of drug-likeness (QED) is 0.755. The van der Waals surface area contributed by atoms with Crippen LogP contribution in [0, 0.1) is 6.92 Å². The summed E-state index contributed by atoms with van der Waals surface area (Å²) >= 11 is 0. The molecule has 0 saturated carbocycles. The molecule has 4 nitrogen and oxygen atoms in total. The predicted molar refractivity (Wildman–Crippen MR) is 64.1 cm³/mol. The molecule has 1 atom stereocenters. The number of rotatable bonds is 4. The van der Waals surface area contributed by atoms with E-state index in [1.54, 1.807) is 25.2 Å². The first-order valence-corrected chi connectivity index (χ1v) is 5.50. The van der Waals surface area contributed by atoms with Crippen LogP contribution in [0.1, 0.15) is 37.4 Å². The van der Waals surface area contributed by atoms with Crippen molar-refractivity contribution in [3.63, 3.8) is 0 Å². The zero-order valence-corrected chi connectivity index (χ0v) is 10.9. The molecular weight excluding hydrogens is 221 g/mol. The van der Waals surface area contributed by atoms with E-state index in [1.165, 1.54) is 5.94 Å². The summed E-state index contributed by atoms with van der Waals surface area (Å²) in [5.41, 5.74) is 0.670. The van der Waals surface area contributed by atoms with Crippen LogP contribution in [0.3, 0.4) is 0 Å². The van der Waals surface area contributed by atoms with E-state index in [-0.39, 0.29) is 6.04 Å². The number of aromatic nitrogens is 2. The van der Waals surface area contributed by atoms with Crippen LogP contribution >= 0.6 is 0 Å².